The van der Waals surface area contributed by atoms with E-state index < -0.39 is 0 Å². The molecule has 148 valence electrons. The molecule has 3 rings (SSSR count). The number of hydrogen-bond donors (Lipinski definition) is 2. The number of hydrogen-bond acceptors (Lipinski definition) is 2. The van der Waals surface area contributed by atoms with Crippen LogP contribution in [0.5, 0.6) is 0 Å². The highest BCUT2D eigenvalue weighted by Crippen LogP contribution is 2.40. The number of nitrogens with one attached hydrogen (secondary N) is 2. The van der Waals surface area contributed by atoms with Gasteiger partial charge in [0.1, 0.15) is 0 Å². The molecule has 5 nitrogen and oxygen atoms in total. The van der Waals surface area contributed by atoms with E-state index in [4.69, 9.17) is 0 Å². The molecule has 0 spiro atoms. The fourth-order valence-corrected chi connectivity index (χ4v) is 4.39. The van der Waals surface area contributed by atoms with Gasteiger partial charge in [0.2, 0.25) is 5.91 Å². The quantitative estimate of drug-likeness (QED) is 0.571. The van der Waals surface area contributed by atoms with Crippen LogP contribution in [0.25, 0.3) is 0 Å². The molecule has 1 aliphatic heterocycles. The third kappa shape index (κ3) is 5.24. The predicted octanol–water partition coefficient (Wildman–Crippen LogP) is 3.44. The van der Waals surface area contributed by atoms with Crippen LogP contribution in [0.4, 0.5) is 0 Å². The molecule has 0 unspecified atom stereocenters. The molecule has 0 aromatic heterocycles. The lowest BCUT2D eigenvalue weighted by molar-refractivity contribution is -0.128. The van der Waals surface area contributed by atoms with E-state index >= 15 is 0 Å². The highest BCUT2D eigenvalue weighted by molar-refractivity contribution is 5.79. The first-order chi connectivity index (χ1) is 13.1. The third-order valence-electron chi connectivity index (χ3n) is 6.26. The molecule has 0 radical (unpaired) electrons. The summed E-state index contributed by atoms with van der Waals surface area (Å²) in [6.07, 6.45) is 8.27. The Kier molecular flexibility index (Phi) is 6.75. The van der Waals surface area contributed by atoms with Gasteiger partial charge >= 0.3 is 0 Å². The monoisotopic (exact) mass is 370 g/mol. The number of carbonyl (C=O) groups is 1. The van der Waals surface area contributed by atoms with Crippen molar-refractivity contribution in [3.05, 3.63) is 35.4 Å². The second-order valence-corrected chi connectivity index (χ2v) is 8.08. The Labute approximate surface area is 163 Å². The van der Waals surface area contributed by atoms with E-state index in [0.717, 1.165) is 38.6 Å². The molecule has 1 saturated carbocycles. The smallest absolute Gasteiger partial charge is 0.222 e. The van der Waals surface area contributed by atoms with Gasteiger partial charge in [-0.25, -0.2) is 0 Å². The zero-order chi connectivity index (χ0) is 19.1. The summed E-state index contributed by atoms with van der Waals surface area (Å²) in [4.78, 5) is 18.2. The fourth-order valence-electron chi connectivity index (χ4n) is 4.39. The number of rotatable bonds is 7. The minimum absolute atomic E-state index is 0.278. The van der Waals surface area contributed by atoms with Gasteiger partial charge in [-0.1, -0.05) is 44.0 Å². The van der Waals surface area contributed by atoms with Crippen LogP contribution in [0.1, 0.15) is 63.0 Å². The molecule has 2 fully saturated rings. The Morgan fingerprint density at radius 3 is 2.63 bits per heavy atom. The summed E-state index contributed by atoms with van der Waals surface area (Å²) in [6.45, 7) is 5.65. The average molecular weight is 371 g/mol. The first-order valence-electron chi connectivity index (χ1n) is 10.4. The van der Waals surface area contributed by atoms with Crippen molar-refractivity contribution in [1.29, 1.82) is 0 Å². The molecule has 5 heteroatoms. The summed E-state index contributed by atoms with van der Waals surface area (Å²) in [7, 11) is 1.83. The van der Waals surface area contributed by atoms with Crippen LogP contribution in [-0.4, -0.2) is 36.9 Å². The maximum atomic E-state index is 11.8. The van der Waals surface area contributed by atoms with Crippen molar-refractivity contribution >= 4 is 11.9 Å². The molecule has 1 aromatic rings. The Hall–Kier alpha value is -2.04. The molecule has 1 aliphatic carbocycles. The summed E-state index contributed by atoms with van der Waals surface area (Å²) in [6, 6.07) is 8.50. The van der Waals surface area contributed by atoms with Crippen LogP contribution < -0.4 is 10.6 Å². The van der Waals surface area contributed by atoms with Crippen LogP contribution in [0, 0.1) is 5.41 Å². The molecule has 1 heterocycles. The largest absolute Gasteiger partial charge is 0.356 e. The van der Waals surface area contributed by atoms with Crippen molar-refractivity contribution in [2.75, 3.05) is 20.1 Å². The van der Waals surface area contributed by atoms with Gasteiger partial charge in [-0.05, 0) is 42.2 Å². The maximum absolute atomic E-state index is 11.8. The number of amides is 1. The lowest BCUT2D eigenvalue weighted by Gasteiger charge is -2.28. The molecule has 2 N–H and O–H groups in total. The van der Waals surface area contributed by atoms with Crippen LogP contribution >= 0.6 is 0 Å². The normalized spacial score (nSPS) is 19.6. The molecule has 1 saturated heterocycles. The number of nitrogens with zero attached hydrogens (tertiary/aromatic N) is 2. The number of likely N-dealkylation sites (tertiary alicyclic amines) is 1. The van der Waals surface area contributed by atoms with E-state index in [0.29, 0.717) is 11.8 Å². The Balaban J connectivity index is 1.50. The van der Waals surface area contributed by atoms with Crippen molar-refractivity contribution in [2.45, 2.75) is 65.0 Å². The second kappa shape index (κ2) is 9.25. The van der Waals surface area contributed by atoms with Gasteiger partial charge in [0, 0.05) is 39.6 Å². The Morgan fingerprint density at radius 2 is 1.96 bits per heavy atom. The van der Waals surface area contributed by atoms with Crippen LogP contribution in [0.3, 0.4) is 0 Å². The van der Waals surface area contributed by atoms with E-state index in [1.807, 2.05) is 11.9 Å². The highest BCUT2D eigenvalue weighted by Gasteiger charge is 2.31. The van der Waals surface area contributed by atoms with E-state index in [1.54, 1.807) is 0 Å². The minimum Gasteiger partial charge on any atom is -0.356 e. The van der Waals surface area contributed by atoms with Crippen molar-refractivity contribution < 1.29 is 4.79 Å². The Morgan fingerprint density at radius 1 is 1.19 bits per heavy atom. The number of carbonyl (C=O) groups excluding carboxylic acids is 1. The van der Waals surface area contributed by atoms with Crippen LogP contribution in [0.15, 0.2) is 29.3 Å². The molecule has 0 atom stereocenters. The zero-order valence-electron chi connectivity index (χ0n) is 16.9. The van der Waals surface area contributed by atoms with Gasteiger partial charge in [-0.15, -0.1) is 0 Å². The number of benzene rings is 1. The van der Waals surface area contributed by atoms with Crippen LogP contribution in [0.2, 0.25) is 0 Å². The summed E-state index contributed by atoms with van der Waals surface area (Å²) in [5, 5.41) is 6.98. The minimum atomic E-state index is 0.278. The molecule has 27 heavy (non-hydrogen) atoms. The fraction of sp³-hybridized carbons (Fsp3) is 0.636. The molecule has 2 aliphatic rings. The molecule has 1 aromatic carbocycles. The van der Waals surface area contributed by atoms with E-state index in [2.05, 4.69) is 46.8 Å². The van der Waals surface area contributed by atoms with E-state index in [9.17, 15) is 4.79 Å². The second-order valence-electron chi connectivity index (χ2n) is 8.08. The topological polar surface area (TPSA) is 56.7 Å². The van der Waals surface area contributed by atoms with Crippen molar-refractivity contribution in [2.24, 2.45) is 10.4 Å². The third-order valence-corrected chi connectivity index (χ3v) is 6.26. The summed E-state index contributed by atoms with van der Waals surface area (Å²) in [5.41, 5.74) is 2.86. The maximum Gasteiger partial charge on any atom is 0.222 e. The molecule has 0 bridgehead atoms. The summed E-state index contributed by atoms with van der Waals surface area (Å²) in [5.74, 6) is 1.15. The van der Waals surface area contributed by atoms with Gasteiger partial charge in [0.15, 0.2) is 5.96 Å². The van der Waals surface area contributed by atoms with Crippen molar-refractivity contribution in [3.63, 3.8) is 0 Å². The number of guanidine groups is 1. The standard InChI is InChI=1S/C22H34N4O/c1-3-22(11-4-5-12-22)17-25-21(23-2)24-15-18-8-6-9-19(14-18)16-26-13-7-10-20(26)27/h6,8-9,14H,3-5,7,10-13,15-17H2,1-2H3,(H2,23,24,25). The van der Waals surface area contributed by atoms with E-state index in [1.165, 1.54) is 43.2 Å². The summed E-state index contributed by atoms with van der Waals surface area (Å²) < 4.78 is 0. The molecular formula is C22H34N4O. The van der Waals surface area contributed by atoms with Gasteiger partial charge < -0.3 is 15.5 Å². The number of aliphatic imine (C=N–C) groups is 1. The lowest BCUT2D eigenvalue weighted by atomic mass is 9.83. The first-order valence-corrected chi connectivity index (χ1v) is 10.4. The van der Waals surface area contributed by atoms with Gasteiger partial charge in [-0.3, -0.25) is 9.79 Å². The zero-order valence-corrected chi connectivity index (χ0v) is 16.9. The van der Waals surface area contributed by atoms with Gasteiger partial charge in [-0.2, -0.15) is 0 Å². The SMILES string of the molecule is CCC1(CNC(=NC)NCc2cccc(CN3CCCC3=O)c2)CCCC1. The lowest BCUT2D eigenvalue weighted by Crippen LogP contribution is -2.42. The molecule has 1 amide bonds. The molecular weight excluding hydrogens is 336 g/mol. The van der Waals surface area contributed by atoms with Crippen LogP contribution in [-0.2, 0) is 17.9 Å². The van der Waals surface area contributed by atoms with Gasteiger partial charge in [0.25, 0.3) is 0 Å². The van der Waals surface area contributed by atoms with Gasteiger partial charge in [0.05, 0.1) is 0 Å². The van der Waals surface area contributed by atoms with Crippen molar-refractivity contribution in [1.82, 2.24) is 15.5 Å². The average Bonchev–Trinajstić information content (AvgIpc) is 3.32. The van der Waals surface area contributed by atoms with E-state index in [-0.39, 0.29) is 5.91 Å². The first kappa shape index (κ1) is 19.7. The van der Waals surface area contributed by atoms with Crippen molar-refractivity contribution in [3.8, 4) is 0 Å². The Bertz CT molecular complexity index is 664. The summed E-state index contributed by atoms with van der Waals surface area (Å²) >= 11 is 0. The highest BCUT2D eigenvalue weighted by atomic mass is 16.2. The predicted molar refractivity (Wildman–Crippen MR) is 110 cm³/mol.